The molecule has 2 unspecified atom stereocenters. The van der Waals surface area contributed by atoms with Gasteiger partial charge in [-0.1, -0.05) is 53.9 Å². The van der Waals surface area contributed by atoms with Crippen molar-refractivity contribution in [3.8, 4) is 0 Å². The summed E-state index contributed by atoms with van der Waals surface area (Å²) in [5.41, 5.74) is -1.52. The van der Waals surface area contributed by atoms with Crippen molar-refractivity contribution in [3.63, 3.8) is 0 Å². The van der Waals surface area contributed by atoms with Crippen molar-refractivity contribution in [2.45, 2.75) is 66.5 Å². The molecule has 0 aromatic carbocycles. The van der Waals surface area contributed by atoms with Crippen molar-refractivity contribution in [2.75, 3.05) is 0 Å². The molecule has 3 heteroatoms. The molecule has 0 fully saturated rings. The largest absolute Gasteiger partial charge is 0.394 e. The van der Waals surface area contributed by atoms with Crippen LogP contribution in [0.4, 0.5) is 13.2 Å². The highest BCUT2D eigenvalue weighted by molar-refractivity contribution is 4.89. The maximum Gasteiger partial charge on any atom is 0.394 e. The Balaban J connectivity index is 5.02. The summed E-state index contributed by atoms with van der Waals surface area (Å²) in [5.74, 6) is -0.131. The Kier molecular flexibility index (Phi) is 5.85. The Labute approximate surface area is 97.6 Å². The Bertz CT molecular complexity index is 194. The number of hydrogen-bond acceptors (Lipinski definition) is 0. The zero-order valence-electron chi connectivity index (χ0n) is 11.1. The second-order valence-electron chi connectivity index (χ2n) is 5.15. The Hall–Kier alpha value is -0.210. The van der Waals surface area contributed by atoms with E-state index in [1.807, 2.05) is 27.7 Å². The second-order valence-corrected chi connectivity index (χ2v) is 5.15. The molecule has 0 aliphatic rings. The summed E-state index contributed by atoms with van der Waals surface area (Å²) in [6.45, 7) is 8.97. The highest BCUT2D eigenvalue weighted by Crippen LogP contribution is 2.50. The lowest BCUT2D eigenvalue weighted by Crippen LogP contribution is -2.42. The van der Waals surface area contributed by atoms with Gasteiger partial charge in [-0.25, -0.2) is 0 Å². The zero-order valence-corrected chi connectivity index (χ0v) is 11.1. The Morgan fingerprint density at radius 3 is 1.62 bits per heavy atom. The van der Waals surface area contributed by atoms with Crippen LogP contribution < -0.4 is 0 Å². The van der Waals surface area contributed by atoms with Gasteiger partial charge < -0.3 is 0 Å². The fraction of sp³-hybridized carbons (Fsp3) is 1.00. The smallest absolute Gasteiger partial charge is 0.171 e. The topological polar surface area (TPSA) is 0 Å². The van der Waals surface area contributed by atoms with Gasteiger partial charge in [0.2, 0.25) is 0 Å². The van der Waals surface area contributed by atoms with Gasteiger partial charge in [0.25, 0.3) is 0 Å². The van der Waals surface area contributed by atoms with Crippen LogP contribution in [0, 0.1) is 17.3 Å². The maximum absolute atomic E-state index is 13.2. The molecule has 2 atom stereocenters. The average Bonchev–Trinajstić information content (AvgIpc) is 2.17. The third-order valence-corrected chi connectivity index (χ3v) is 4.00. The van der Waals surface area contributed by atoms with E-state index in [-0.39, 0.29) is 18.3 Å². The summed E-state index contributed by atoms with van der Waals surface area (Å²) in [6.07, 6.45) is -1.83. The molecule has 16 heavy (non-hydrogen) atoms. The van der Waals surface area contributed by atoms with Crippen LogP contribution >= 0.6 is 0 Å². The van der Waals surface area contributed by atoms with E-state index in [1.54, 1.807) is 0 Å². The molecule has 0 rings (SSSR count). The lowest BCUT2D eigenvalue weighted by molar-refractivity contribution is -0.243. The molecular formula is C13H25F3. The van der Waals surface area contributed by atoms with Crippen molar-refractivity contribution in [1.29, 1.82) is 0 Å². The molecule has 0 saturated heterocycles. The van der Waals surface area contributed by atoms with E-state index in [9.17, 15) is 13.2 Å². The Morgan fingerprint density at radius 1 is 0.938 bits per heavy atom. The normalized spacial score (nSPS) is 18.6. The predicted molar refractivity (Wildman–Crippen MR) is 62.3 cm³/mol. The minimum atomic E-state index is -4.09. The first-order valence-corrected chi connectivity index (χ1v) is 6.29. The second kappa shape index (κ2) is 5.92. The minimum Gasteiger partial charge on any atom is -0.171 e. The fourth-order valence-corrected chi connectivity index (χ4v) is 2.57. The molecule has 0 aromatic rings. The summed E-state index contributed by atoms with van der Waals surface area (Å²) in [7, 11) is 0. The van der Waals surface area contributed by atoms with Crippen LogP contribution in [0.1, 0.15) is 60.3 Å². The third-order valence-electron chi connectivity index (χ3n) is 4.00. The van der Waals surface area contributed by atoms with Gasteiger partial charge in [0.1, 0.15) is 0 Å². The molecule has 0 heterocycles. The van der Waals surface area contributed by atoms with E-state index < -0.39 is 11.6 Å². The van der Waals surface area contributed by atoms with Gasteiger partial charge in [0.15, 0.2) is 0 Å². The summed E-state index contributed by atoms with van der Waals surface area (Å²) < 4.78 is 39.7. The van der Waals surface area contributed by atoms with Crippen LogP contribution in [-0.4, -0.2) is 6.18 Å². The highest BCUT2D eigenvalue weighted by Gasteiger charge is 2.54. The van der Waals surface area contributed by atoms with Gasteiger partial charge in [-0.2, -0.15) is 13.2 Å². The Morgan fingerprint density at radius 2 is 1.38 bits per heavy atom. The fourth-order valence-electron chi connectivity index (χ4n) is 2.57. The van der Waals surface area contributed by atoms with E-state index in [4.69, 9.17) is 0 Å². The molecule has 0 radical (unpaired) electrons. The molecule has 0 spiro atoms. The third kappa shape index (κ3) is 3.39. The van der Waals surface area contributed by atoms with Crippen LogP contribution in [0.25, 0.3) is 0 Å². The molecule has 0 aromatic heterocycles. The molecule has 0 nitrogen and oxygen atoms in total. The SMILES string of the molecule is CCC(C)CC(C)(C(CC)CC)C(F)(F)F. The van der Waals surface area contributed by atoms with E-state index >= 15 is 0 Å². The summed E-state index contributed by atoms with van der Waals surface area (Å²) in [4.78, 5) is 0. The van der Waals surface area contributed by atoms with Gasteiger partial charge in [0.05, 0.1) is 5.41 Å². The van der Waals surface area contributed by atoms with Crippen LogP contribution in [-0.2, 0) is 0 Å². The van der Waals surface area contributed by atoms with Crippen molar-refractivity contribution in [3.05, 3.63) is 0 Å². The van der Waals surface area contributed by atoms with Gasteiger partial charge in [-0.05, 0) is 18.3 Å². The molecule has 0 N–H and O–H groups in total. The predicted octanol–water partition coefficient (Wildman–Crippen LogP) is 5.43. The summed E-state index contributed by atoms with van der Waals surface area (Å²) in [6, 6.07) is 0. The molecule has 0 aliphatic carbocycles. The van der Waals surface area contributed by atoms with E-state index in [2.05, 4.69) is 0 Å². The van der Waals surface area contributed by atoms with Crippen LogP contribution in [0.5, 0.6) is 0 Å². The molecule has 0 saturated carbocycles. The van der Waals surface area contributed by atoms with Crippen LogP contribution in [0.2, 0.25) is 0 Å². The lowest BCUT2D eigenvalue weighted by Gasteiger charge is -2.40. The summed E-state index contributed by atoms with van der Waals surface area (Å²) in [5, 5.41) is 0. The zero-order chi connectivity index (χ0) is 13.0. The highest BCUT2D eigenvalue weighted by atomic mass is 19.4. The van der Waals surface area contributed by atoms with Gasteiger partial charge in [-0.15, -0.1) is 0 Å². The first kappa shape index (κ1) is 15.8. The van der Waals surface area contributed by atoms with E-state index in [0.29, 0.717) is 12.8 Å². The molecular weight excluding hydrogens is 213 g/mol. The molecule has 0 amide bonds. The van der Waals surface area contributed by atoms with Crippen molar-refractivity contribution in [1.82, 2.24) is 0 Å². The van der Waals surface area contributed by atoms with Crippen molar-refractivity contribution >= 4 is 0 Å². The number of alkyl halides is 3. The monoisotopic (exact) mass is 238 g/mol. The van der Waals surface area contributed by atoms with E-state index in [0.717, 1.165) is 6.42 Å². The van der Waals surface area contributed by atoms with E-state index in [1.165, 1.54) is 6.92 Å². The van der Waals surface area contributed by atoms with Crippen LogP contribution in [0.3, 0.4) is 0 Å². The standard InChI is InChI=1S/C13H25F3/c1-6-10(4)9-12(5,13(14,15)16)11(7-2)8-3/h10-11H,6-9H2,1-5H3. The number of halogens is 3. The first-order valence-electron chi connectivity index (χ1n) is 6.29. The summed E-state index contributed by atoms with van der Waals surface area (Å²) >= 11 is 0. The lowest BCUT2D eigenvalue weighted by atomic mass is 9.68. The average molecular weight is 238 g/mol. The first-order chi connectivity index (χ1) is 7.22. The van der Waals surface area contributed by atoms with Crippen LogP contribution in [0.15, 0.2) is 0 Å². The van der Waals surface area contributed by atoms with Gasteiger partial charge in [-0.3, -0.25) is 0 Å². The van der Waals surface area contributed by atoms with Crippen molar-refractivity contribution in [2.24, 2.45) is 17.3 Å². The minimum absolute atomic E-state index is 0.132. The molecule has 0 aliphatic heterocycles. The maximum atomic E-state index is 13.2. The quantitative estimate of drug-likeness (QED) is 0.579. The number of rotatable bonds is 6. The number of hydrogen-bond donors (Lipinski definition) is 0. The molecule has 98 valence electrons. The molecule has 0 bridgehead atoms. The van der Waals surface area contributed by atoms with Crippen molar-refractivity contribution < 1.29 is 13.2 Å². The van der Waals surface area contributed by atoms with Gasteiger partial charge in [0, 0.05) is 0 Å². The van der Waals surface area contributed by atoms with Gasteiger partial charge >= 0.3 is 6.18 Å².